The molecule has 2 heterocycles. The zero-order chi connectivity index (χ0) is 15.2. The minimum atomic E-state index is -0.241. The van der Waals surface area contributed by atoms with Crippen LogP contribution in [0.25, 0.3) is 0 Å². The predicted molar refractivity (Wildman–Crippen MR) is 80.3 cm³/mol. The van der Waals surface area contributed by atoms with Gasteiger partial charge in [0.15, 0.2) is 12.6 Å². The van der Waals surface area contributed by atoms with Crippen LogP contribution in [0.2, 0.25) is 0 Å². The second-order valence-electron chi connectivity index (χ2n) is 5.68. The Bertz CT molecular complexity index is 452. The number of hydrogen-bond acceptors (Lipinski definition) is 5. The van der Waals surface area contributed by atoms with E-state index >= 15 is 0 Å². The van der Waals surface area contributed by atoms with E-state index in [0.717, 1.165) is 58.0 Å². The first-order valence-electron chi connectivity index (χ1n) is 8.00. The third-order valence-electron chi connectivity index (χ3n) is 3.85. The molecule has 3 rings (SSSR count). The van der Waals surface area contributed by atoms with Gasteiger partial charge in [0.05, 0.1) is 13.2 Å². The molecular weight excluding hydrogens is 284 g/mol. The van der Waals surface area contributed by atoms with E-state index in [-0.39, 0.29) is 12.6 Å². The lowest BCUT2D eigenvalue weighted by atomic mass is 10.2. The fourth-order valence-corrected chi connectivity index (χ4v) is 2.71. The van der Waals surface area contributed by atoms with Crippen molar-refractivity contribution in [2.75, 3.05) is 13.2 Å². The van der Waals surface area contributed by atoms with Crippen LogP contribution in [0.5, 0.6) is 11.5 Å². The van der Waals surface area contributed by atoms with Crippen molar-refractivity contribution >= 4 is 6.29 Å². The van der Waals surface area contributed by atoms with Crippen LogP contribution in [0, 0.1) is 0 Å². The molecule has 22 heavy (non-hydrogen) atoms. The van der Waals surface area contributed by atoms with E-state index < -0.39 is 0 Å². The normalized spacial score (nSPS) is 25.5. The highest BCUT2D eigenvalue weighted by Crippen LogP contribution is 2.27. The Kier molecular flexibility index (Phi) is 5.29. The van der Waals surface area contributed by atoms with Crippen LogP contribution < -0.4 is 9.47 Å². The van der Waals surface area contributed by atoms with E-state index in [4.69, 9.17) is 18.9 Å². The van der Waals surface area contributed by atoms with Crippen LogP contribution in [0.15, 0.2) is 18.2 Å². The van der Waals surface area contributed by atoms with Crippen molar-refractivity contribution in [3.8, 4) is 11.5 Å². The minimum Gasteiger partial charge on any atom is -0.465 e. The summed E-state index contributed by atoms with van der Waals surface area (Å²) in [5.41, 5.74) is 0.527. The van der Waals surface area contributed by atoms with E-state index in [1.54, 1.807) is 18.2 Å². The predicted octanol–water partition coefficient (Wildman–Crippen LogP) is 3.31. The summed E-state index contributed by atoms with van der Waals surface area (Å²) in [6.07, 6.45) is 6.38. The van der Waals surface area contributed by atoms with Crippen molar-refractivity contribution in [3.63, 3.8) is 0 Å². The van der Waals surface area contributed by atoms with Crippen LogP contribution >= 0.6 is 0 Å². The molecular formula is C17H22O5. The summed E-state index contributed by atoms with van der Waals surface area (Å²) in [6, 6.07) is 5.21. The first kappa shape index (κ1) is 15.3. The maximum Gasteiger partial charge on any atom is 0.199 e. The van der Waals surface area contributed by atoms with E-state index in [0.29, 0.717) is 17.1 Å². The molecule has 0 spiro atoms. The van der Waals surface area contributed by atoms with Gasteiger partial charge in [-0.25, -0.2) is 0 Å². The molecule has 5 nitrogen and oxygen atoms in total. The Hall–Kier alpha value is -1.59. The molecule has 1 aromatic rings. The summed E-state index contributed by atoms with van der Waals surface area (Å²) >= 11 is 0. The lowest BCUT2D eigenvalue weighted by molar-refractivity contribution is -0.109. The van der Waals surface area contributed by atoms with E-state index in [9.17, 15) is 4.79 Å². The van der Waals surface area contributed by atoms with Gasteiger partial charge in [0.2, 0.25) is 0 Å². The molecule has 0 N–H and O–H groups in total. The number of carbonyl (C=O) groups is 1. The van der Waals surface area contributed by atoms with Crippen molar-refractivity contribution in [1.29, 1.82) is 0 Å². The van der Waals surface area contributed by atoms with Gasteiger partial charge in [-0.05, 0) is 37.8 Å². The van der Waals surface area contributed by atoms with Gasteiger partial charge in [0.25, 0.3) is 0 Å². The fraction of sp³-hybridized carbons (Fsp3) is 0.588. The van der Waals surface area contributed by atoms with Crippen LogP contribution in [0.3, 0.4) is 0 Å². The fourth-order valence-electron chi connectivity index (χ4n) is 2.71. The Morgan fingerprint density at radius 2 is 1.41 bits per heavy atom. The molecule has 0 amide bonds. The zero-order valence-corrected chi connectivity index (χ0v) is 12.7. The molecule has 0 radical (unpaired) electrons. The molecule has 0 bridgehead atoms. The van der Waals surface area contributed by atoms with Gasteiger partial charge in [-0.3, -0.25) is 4.79 Å². The number of benzene rings is 1. The molecule has 2 fully saturated rings. The van der Waals surface area contributed by atoms with E-state index in [1.165, 1.54) is 0 Å². The molecule has 120 valence electrons. The van der Waals surface area contributed by atoms with E-state index in [2.05, 4.69) is 0 Å². The smallest absolute Gasteiger partial charge is 0.199 e. The van der Waals surface area contributed by atoms with Crippen LogP contribution in [0.1, 0.15) is 48.9 Å². The van der Waals surface area contributed by atoms with Gasteiger partial charge in [0, 0.05) is 24.5 Å². The molecule has 2 aliphatic rings. The summed E-state index contributed by atoms with van der Waals surface area (Å²) in [5.74, 6) is 1.20. The summed E-state index contributed by atoms with van der Waals surface area (Å²) < 4.78 is 22.8. The quantitative estimate of drug-likeness (QED) is 0.781. The minimum absolute atomic E-state index is 0.241. The second kappa shape index (κ2) is 7.61. The molecule has 0 saturated carbocycles. The Morgan fingerprint density at radius 3 is 1.82 bits per heavy atom. The average Bonchev–Trinajstić information content (AvgIpc) is 2.56. The maximum absolute atomic E-state index is 11.1. The van der Waals surface area contributed by atoms with Crippen LogP contribution in [0.4, 0.5) is 0 Å². The van der Waals surface area contributed by atoms with Crippen LogP contribution in [-0.4, -0.2) is 32.1 Å². The molecule has 5 heteroatoms. The molecule has 2 unspecified atom stereocenters. The summed E-state index contributed by atoms with van der Waals surface area (Å²) in [6.45, 7) is 1.44. The highest BCUT2D eigenvalue weighted by molar-refractivity contribution is 5.76. The number of hydrogen-bond donors (Lipinski definition) is 0. The number of ether oxygens (including phenoxy) is 4. The monoisotopic (exact) mass is 306 g/mol. The third kappa shape index (κ3) is 4.21. The molecule has 1 aromatic carbocycles. The Labute approximate surface area is 130 Å². The van der Waals surface area contributed by atoms with E-state index in [1.807, 2.05) is 0 Å². The average molecular weight is 306 g/mol. The van der Waals surface area contributed by atoms with Gasteiger partial charge >= 0.3 is 0 Å². The summed E-state index contributed by atoms with van der Waals surface area (Å²) in [7, 11) is 0. The van der Waals surface area contributed by atoms with Crippen molar-refractivity contribution in [1.82, 2.24) is 0 Å². The number of rotatable bonds is 5. The highest BCUT2D eigenvalue weighted by Gasteiger charge is 2.18. The molecule has 0 aromatic heterocycles. The number of carbonyl (C=O) groups excluding carboxylic acids is 1. The maximum atomic E-state index is 11.1. The zero-order valence-electron chi connectivity index (χ0n) is 12.7. The second-order valence-corrected chi connectivity index (χ2v) is 5.68. The lowest BCUT2D eigenvalue weighted by Crippen LogP contribution is -2.26. The molecule has 2 atom stereocenters. The highest BCUT2D eigenvalue weighted by atomic mass is 16.7. The van der Waals surface area contributed by atoms with Crippen molar-refractivity contribution in [2.24, 2.45) is 0 Å². The Balaban J connectivity index is 1.69. The van der Waals surface area contributed by atoms with Crippen molar-refractivity contribution < 1.29 is 23.7 Å². The first-order chi connectivity index (χ1) is 10.8. The number of aldehydes is 1. The first-order valence-corrected chi connectivity index (χ1v) is 8.00. The van der Waals surface area contributed by atoms with Crippen LogP contribution in [-0.2, 0) is 9.47 Å². The lowest BCUT2D eigenvalue weighted by Gasteiger charge is -2.25. The summed E-state index contributed by atoms with van der Waals surface area (Å²) in [5, 5.41) is 0. The van der Waals surface area contributed by atoms with Gasteiger partial charge < -0.3 is 18.9 Å². The SMILES string of the molecule is O=Cc1cc(OC2CCCCO2)cc(OC2CCCCO2)c1. The van der Waals surface area contributed by atoms with Gasteiger partial charge in [-0.15, -0.1) is 0 Å². The standard InChI is InChI=1S/C17H22O5/c18-12-13-9-14(21-16-5-1-3-7-19-16)11-15(10-13)22-17-6-2-4-8-20-17/h9-12,16-17H,1-8H2. The van der Waals surface area contributed by atoms with Gasteiger partial charge in [-0.2, -0.15) is 0 Å². The van der Waals surface area contributed by atoms with Crippen molar-refractivity contribution in [2.45, 2.75) is 51.1 Å². The van der Waals surface area contributed by atoms with Gasteiger partial charge in [-0.1, -0.05) is 0 Å². The molecule has 0 aliphatic carbocycles. The summed E-state index contributed by atoms with van der Waals surface area (Å²) in [4.78, 5) is 11.1. The topological polar surface area (TPSA) is 54.0 Å². The Morgan fingerprint density at radius 1 is 0.864 bits per heavy atom. The van der Waals surface area contributed by atoms with Crippen molar-refractivity contribution in [3.05, 3.63) is 23.8 Å². The molecule has 2 saturated heterocycles. The molecule has 2 aliphatic heterocycles. The largest absolute Gasteiger partial charge is 0.465 e. The van der Waals surface area contributed by atoms with Gasteiger partial charge in [0.1, 0.15) is 17.8 Å². The third-order valence-corrected chi connectivity index (χ3v) is 3.85.